The van der Waals surface area contributed by atoms with Crippen LogP contribution in [0.5, 0.6) is 0 Å². The maximum Gasteiger partial charge on any atom is 0.144 e. The Labute approximate surface area is 283 Å². The predicted molar refractivity (Wildman–Crippen MR) is 200 cm³/mol. The first kappa shape index (κ1) is 29.9. The minimum atomic E-state index is -0.149. The minimum absolute atomic E-state index is 0.149. The number of aliphatic imine (C=N–C) groups is 1. The molecule has 8 rings (SSSR count). The molecule has 3 aliphatic carbocycles. The number of dihydropyridines is 1. The molecule has 0 saturated carbocycles. The number of aromatic nitrogens is 1. The maximum atomic E-state index is 5.53. The van der Waals surface area contributed by atoms with Gasteiger partial charge in [0.15, 0.2) is 0 Å². The molecule has 0 saturated heterocycles. The van der Waals surface area contributed by atoms with E-state index >= 15 is 0 Å². The number of hydrogen-bond acceptors (Lipinski definition) is 4. The van der Waals surface area contributed by atoms with Gasteiger partial charge in [0.1, 0.15) is 6.17 Å². The van der Waals surface area contributed by atoms with Crippen LogP contribution in [0.1, 0.15) is 48.3 Å². The largest absolute Gasteiger partial charge is 0.381 e. The van der Waals surface area contributed by atoms with Gasteiger partial charge in [-0.3, -0.25) is 9.98 Å². The van der Waals surface area contributed by atoms with Crippen molar-refractivity contribution >= 4 is 17.0 Å². The quantitative estimate of drug-likeness (QED) is 0.275. The topological polar surface area (TPSA) is 49.3 Å². The van der Waals surface area contributed by atoms with Crippen LogP contribution in [0, 0.1) is 5.92 Å². The molecule has 3 heterocycles. The second-order valence-electron chi connectivity index (χ2n) is 12.8. The van der Waals surface area contributed by atoms with E-state index in [4.69, 9.17) is 4.99 Å². The zero-order valence-electron chi connectivity index (χ0n) is 27.1. The number of nitrogens with one attached hydrogen (secondary N) is 2. The zero-order valence-corrected chi connectivity index (χ0v) is 27.1. The van der Waals surface area contributed by atoms with Crippen molar-refractivity contribution in [1.29, 1.82) is 0 Å². The summed E-state index contributed by atoms with van der Waals surface area (Å²) in [4.78, 5) is 10.2. The number of pyridine rings is 1. The van der Waals surface area contributed by atoms with Crippen LogP contribution in [-0.2, 0) is 0 Å². The van der Waals surface area contributed by atoms with Gasteiger partial charge in [0.05, 0.1) is 11.4 Å². The highest BCUT2D eigenvalue weighted by Gasteiger charge is 2.31. The zero-order chi connectivity index (χ0) is 32.1. The van der Waals surface area contributed by atoms with Gasteiger partial charge in [0.2, 0.25) is 0 Å². The van der Waals surface area contributed by atoms with Gasteiger partial charge in [-0.1, -0.05) is 109 Å². The van der Waals surface area contributed by atoms with E-state index in [1.165, 1.54) is 44.8 Å². The van der Waals surface area contributed by atoms with E-state index in [2.05, 4.69) is 155 Å². The summed E-state index contributed by atoms with van der Waals surface area (Å²) in [6, 6.07) is 23.8. The Kier molecular flexibility index (Phi) is 8.54. The highest BCUT2D eigenvalue weighted by Crippen LogP contribution is 2.38. The first-order valence-corrected chi connectivity index (χ1v) is 17.2. The molecule has 5 aliphatic rings. The summed E-state index contributed by atoms with van der Waals surface area (Å²) in [6.45, 7) is 0.837. The van der Waals surface area contributed by atoms with Crippen LogP contribution in [0.15, 0.2) is 174 Å². The molecule has 0 fully saturated rings. The summed E-state index contributed by atoms with van der Waals surface area (Å²) in [5, 5.41) is 7.50. The third kappa shape index (κ3) is 6.26. The molecule has 0 radical (unpaired) electrons. The van der Waals surface area contributed by atoms with E-state index in [1.807, 2.05) is 12.3 Å². The Morgan fingerprint density at radius 3 is 2.38 bits per heavy atom. The molecule has 4 nitrogen and oxygen atoms in total. The van der Waals surface area contributed by atoms with Gasteiger partial charge >= 0.3 is 0 Å². The second-order valence-corrected chi connectivity index (χ2v) is 12.8. The molecule has 3 unspecified atom stereocenters. The third-order valence-corrected chi connectivity index (χ3v) is 9.69. The molecule has 48 heavy (non-hydrogen) atoms. The second kappa shape index (κ2) is 13.7. The average molecular weight is 625 g/mol. The molecule has 2 aliphatic heterocycles. The normalized spacial score (nSPS) is 23.1. The first-order valence-electron chi connectivity index (χ1n) is 17.2. The molecular formula is C44H40N4. The number of allylic oxidation sites excluding steroid dienone is 13. The number of benzene rings is 2. The molecule has 3 atom stereocenters. The van der Waals surface area contributed by atoms with E-state index in [9.17, 15) is 0 Å². The molecule has 2 aromatic carbocycles. The van der Waals surface area contributed by atoms with Crippen molar-refractivity contribution < 1.29 is 0 Å². The SMILES string of the molecule is C1=CCCC(C2=C(c3ccccc3)C(C3C=CC=CC3)=NC(C3=CCC(c4cc(C5=CC=CCN5)cc(-c5ccccn5)c4)C=C3)N2)=C1. The smallest absolute Gasteiger partial charge is 0.144 e. The van der Waals surface area contributed by atoms with E-state index in [0.717, 1.165) is 49.2 Å². The molecule has 236 valence electrons. The third-order valence-electron chi connectivity index (χ3n) is 9.69. The minimum Gasteiger partial charge on any atom is -0.381 e. The van der Waals surface area contributed by atoms with Gasteiger partial charge in [0.25, 0.3) is 0 Å². The highest BCUT2D eigenvalue weighted by atomic mass is 15.1. The average Bonchev–Trinajstić information content (AvgIpc) is 3.19. The van der Waals surface area contributed by atoms with Crippen molar-refractivity contribution in [2.45, 2.75) is 37.8 Å². The lowest BCUT2D eigenvalue weighted by Crippen LogP contribution is -2.38. The van der Waals surface area contributed by atoms with Gasteiger partial charge < -0.3 is 10.6 Å². The Balaban J connectivity index is 1.14. The van der Waals surface area contributed by atoms with Crippen LogP contribution < -0.4 is 10.6 Å². The number of hydrogen-bond donors (Lipinski definition) is 2. The molecule has 4 heteroatoms. The van der Waals surface area contributed by atoms with Crippen molar-refractivity contribution in [3.63, 3.8) is 0 Å². The Morgan fingerprint density at radius 1 is 0.729 bits per heavy atom. The van der Waals surface area contributed by atoms with E-state index in [-0.39, 0.29) is 18.0 Å². The van der Waals surface area contributed by atoms with Crippen molar-refractivity contribution in [1.82, 2.24) is 15.6 Å². The molecule has 2 N–H and O–H groups in total. The van der Waals surface area contributed by atoms with Crippen LogP contribution in [0.2, 0.25) is 0 Å². The van der Waals surface area contributed by atoms with Crippen molar-refractivity contribution in [3.8, 4) is 11.3 Å². The van der Waals surface area contributed by atoms with E-state index in [0.29, 0.717) is 0 Å². The fourth-order valence-corrected chi connectivity index (χ4v) is 7.20. The molecule has 0 bridgehead atoms. The molecule has 3 aromatic rings. The fraction of sp³-hybridized carbons (Fsp3) is 0.182. The van der Waals surface area contributed by atoms with Gasteiger partial charge in [-0.2, -0.15) is 0 Å². The maximum absolute atomic E-state index is 5.53. The number of nitrogens with zero attached hydrogens (tertiary/aromatic N) is 2. The molecular weight excluding hydrogens is 585 g/mol. The van der Waals surface area contributed by atoms with Gasteiger partial charge in [-0.25, -0.2) is 0 Å². The standard InChI is InChI=1S/C44H40N4/c1-4-14-32(15-5-1)41-42(33-16-6-2-7-17-33)47-44(48-43(41)34-18-8-3-9-19-34)35-24-22-31(23-25-35)36-28-37(39-20-10-12-26-45-39)30-38(29-36)40-21-11-13-27-46-40/h1-8,10-16,18,20-22,24-26,28-31,33,44,46,48H,9,17,19,23,27H2. The molecule has 0 amide bonds. The van der Waals surface area contributed by atoms with Gasteiger partial charge in [-0.05, 0) is 89.9 Å². The summed E-state index contributed by atoms with van der Waals surface area (Å²) in [7, 11) is 0. The van der Waals surface area contributed by atoms with Crippen LogP contribution >= 0.6 is 0 Å². The Hall–Kier alpha value is -5.48. The van der Waals surface area contributed by atoms with Crippen LogP contribution in [-0.4, -0.2) is 23.4 Å². The summed E-state index contributed by atoms with van der Waals surface area (Å²) < 4.78 is 0. The van der Waals surface area contributed by atoms with Crippen LogP contribution in [0.3, 0.4) is 0 Å². The van der Waals surface area contributed by atoms with Crippen LogP contribution in [0.25, 0.3) is 22.5 Å². The summed E-state index contributed by atoms with van der Waals surface area (Å²) in [5.74, 6) is 0.492. The molecule has 1 aromatic heterocycles. The highest BCUT2D eigenvalue weighted by molar-refractivity contribution is 6.27. The molecule has 0 spiro atoms. The van der Waals surface area contributed by atoms with E-state index < -0.39 is 0 Å². The van der Waals surface area contributed by atoms with Gasteiger partial charge in [0, 0.05) is 47.1 Å². The Morgan fingerprint density at radius 2 is 1.62 bits per heavy atom. The predicted octanol–water partition coefficient (Wildman–Crippen LogP) is 9.41. The van der Waals surface area contributed by atoms with Crippen molar-refractivity contribution in [2.24, 2.45) is 10.9 Å². The number of rotatable bonds is 7. The first-order chi connectivity index (χ1) is 23.8. The fourth-order valence-electron chi connectivity index (χ4n) is 7.20. The summed E-state index contributed by atoms with van der Waals surface area (Å²) >= 11 is 0. The lowest BCUT2D eigenvalue weighted by Gasteiger charge is -2.34. The Bertz CT molecular complexity index is 2000. The lowest BCUT2D eigenvalue weighted by molar-refractivity contribution is 0.651. The summed E-state index contributed by atoms with van der Waals surface area (Å²) in [6.07, 6.45) is 34.8. The summed E-state index contributed by atoms with van der Waals surface area (Å²) in [5.41, 5.74) is 13.2. The van der Waals surface area contributed by atoms with Gasteiger partial charge in [-0.15, -0.1) is 0 Å². The lowest BCUT2D eigenvalue weighted by atomic mass is 9.82. The van der Waals surface area contributed by atoms with Crippen LogP contribution in [0.4, 0.5) is 0 Å². The van der Waals surface area contributed by atoms with Crippen molar-refractivity contribution in [2.75, 3.05) is 6.54 Å². The monoisotopic (exact) mass is 624 g/mol. The van der Waals surface area contributed by atoms with Crippen molar-refractivity contribution in [3.05, 3.63) is 185 Å². The van der Waals surface area contributed by atoms with E-state index in [1.54, 1.807) is 0 Å².